The number of carbonyl (C=O) groups excluding carboxylic acids is 1. The predicted molar refractivity (Wildman–Crippen MR) is 92.4 cm³/mol. The molecule has 1 amide bonds. The minimum Gasteiger partial charge on any atom is -0.319 e. The van der Waals surface area contributed by atoms with Crippen molar-refractivity contribution in [1.82, 2.24) is 9.55 Å². The van der Waals surface area contributed by atoms with E-state index < -0.39 is 0 Å². The Morgan fingerprint density at radius 1 is 1.04 bits per heavy atom. The van der Waals surface area contributed by atoms with E-state index in [1.54, 1.807) is 6.07 Å². The van der Waals surface area contributed by atoms with Crippen LogP contribution >= 0.6 is 11.3 Å². The molecule has 0 aliphatic heterocycles. The van der Waals surface area contributed by atoms with Gasteiger partial charge in [-0.3, -0.25) is 4.79 Å². The summed E-state index contributed by atoms with van der Waals surface area (Å²) in [6.07, 6.45) is 0. The summed E-state index contributed by atoms with van der Waals surface area (Å²) >= 11 is 1.50. The van der Waals surface area contributed by atoms with Crippen molar-refractivity contribution >= 4 is 38.4 Å². The van der Waals surface area contributed by atoms with E-state index in [-0.39, 0.29) is 5.91 Å². The van der Waals surface area contributed by atoms with E-state index in [0.717, 1.165) is 21.1 Å². The average Bonchev–Trinajstić information content (AvgIpc) is 2.91. The molecule has 0 spiro atoms. The fraction of sp³-hybridized carbons (Fsp3) is 0.0556. The van der Waals surface area contributed by atoms with Gasteiger partial charge in [-0.05, 0) is 24.3 Å². The fourth-order valence-electron chi connectivity index (χ4n) is 2.52. The Balaban J connectivity index is 1.82. The van der Waals surface area contributed by atoms with Gasteiger partial charge in [0, 0.05) is 12.4 Å². The Kier molecular flexibility index (Phi) is 3.28. The number of para-hydroxylation sites is 2. The topological polar surface area (TPSA) is 47.2 Å². The van der Waals surface area contributed by atoms with Crippen molar-refractivity contribution in [2.45, 2.75) is 0 Å². The van der Waals surface area contributed by atoms with Gasteiger partial charge >= 0.3 is 0 Å². The number of pyridine rings is 1. The molecule has 0 N–H and O–H groups in total. The lowest BCUT2D eigenvalue weighted by molar-refractivity contribution is 0.0993. The second-order valence-electron chi connectivity index (χ2n) is 5.22. The van der Waals surface area contributed by atoms with Gasteiger partial charge in [0.25, 0.3) is 5.91 Å². The number of thiazole rings is 1. The van der Waals surface area contributed by atoms with Crippen LogP contribution in [-0.4, -0.2) is 15.5 Å². The number of carbonyl (C=O) groups is 1. The van der Waals surface area contributed by atoms with Crippen LogP contribution in [0.25, 0.3) is 21.1 Å². The van der Waals surface area contributed by atoms with Crippen molar-refractivity contribution in [3.63, 3.8) is 0 Å². The molecule has 23 heavy (non-hydrogen) atoms. The van der Waals surface area contributed by atoms with Crippen LogP contribution in [0.3, 0.4) is 0 Å². The van der Waals surface area contributed by atoms with Crippen LogP contribution in [0.4, 0.5) is 0 Å². The van der Waals surface area contributed by atoms with Crippen LogP contribution in [0.5, 0.6) is 0 Å². The summed E-state index contributed by atoms with van der Waals surface area (Å²) in [7, 11) is 1.92. The van der Waals surface area contributed by atoms with Crippen molar-refractivity contribution in [1.29, 1.82) is 0 Å². The Morgan fingerprint density at radius 2 is 1.83 bits per heavy atom. The van der Waals surface area contributed by atoms with E-state index in [2.05, 4.69) is 9.98 Å². The second kappa shape index (κ2) is 5.44. The molecule has 0 unspecified atom stereocenters. The van der Waals surface area contributed by atoms with E-state index in [1.165, 1.54) is 11.3 Å². The first-order chi connectivity index (χ1) is 11.2. The van der Waals surface area contributed by atoms with Crippen LogP contribution in [0, 0.1) is 0 Å². The van der Waals surface area contributed by atoms with Gasteiger partial charge in [0.15, 0.2) is 4.80 Å². The molecule has 0 aliphatic carbocycles. The molecule has 5 heteroatoms. The van der Waals surface area contributed by atoms with Crippen LogP contribution < -0.4 is 4.80 Å². The van der Waals surface area contributed by atoms with E-state index in [1.807, 2.05) is 66.2 Å². The van der Waals surface area contributed by atoms with Gasteiger partial charge in [-0.15, -0.1) is 0 Å². The SMILES string of the molecule is Cn1c(=NC(=O)c2ccc3ccccc3n2)sc2ccccc21. The summed E-state index contributed by atoms with van der Waals surface area (Å²) in [5.74, 6) is -0.321. The lowest BCUT2D eigenvalue weighted by atomic mass is 10.2. The molecule has 0 radical (unpaired) electrons. The zero-order valence-corrected chi connectivity index (χ0v) is 13.2. The minimum absolute atomic E-state index is 0.321. The summed E-state index contributed by atoms with van der Waals surface area (Å²) in [4.78, 5) is 21.8. The molecule has 2 heterocycles. The maximum atomic E-state index is 12.5. The van der Waals surface area contributed by atoms with Gasteiger partial charge in [0.1, 0.15) is 5.69 Å². The molecule has 0 aliphatic rings. The van der Waals surface area contributed by atoms with E-state index in [9.17, 15) is 4.79 Å². The number of nitrogens with zero attached hydrogens (tertiary/aromatic N) is 3. The third kappa shape index (κ3) is 2.45. The number of amides is 1. The Bertz CT molecular complexity index is 1110. The van der Waals surface area contributed by atoms with Crippen molar-refractivity contribution in [2.75, 3.05) is 0 Å². The molecule has 4 aromatic rings. The van der Waals surface area contributed by atoms with Crippen molar-refractivity contribution in [2.24, 2.45) is 12.0 Å². The zero-order chi connectivity index (χ0) is 15.8. The highest BCUT2D eigenvalue weighted by Gasteiger charge is 2.09. The number of rotatable bonds is 1. The molecule has 2 aromatic carbocycles. The van der Waals surface area contributed by atoms with Crippen LogP contribution in [0.2, 0.25) is 0 Å². The summed E-state index contributed by atoms with van der Waals surface area (Å²) in [6, 6.07) is 19.4. The van der Waals surface area contributed by atoms with Gasteiger partial charge in [0.2, 0.25) is 0 Å². The lowest BCUT2D eigenvalue weighted by Gasteiger charge is -1.99. The Morgan fingerprint density at radius 3 is 2.70 bits per heavy atom. The molecule has 0 fully saturated rings. The predicted octanol–water partition coefficient (Wildman–Crippen LogP) is 3.53. The maximum Gasteiger partial charge on any atom is 0.298 e. The van der Waals surface area contributed by atoms with Gasteiger partial charge in [0.05, 0.1) is 15.7 Å². The quantitative estimate of drug-likeness (QED) is 0.539. The highest BCUT2D eigenvalue weighted by molar-refractivity contribution is 7.16. The van der Waals surface area contributed by atoms with Crippen LogP contribution in [0.15, 0.2) is 65.7 Å². The third-order valence-corrected chi connectivity index (χ3v) is 4.84. The van der Waals surface area contributed by atoms with E-state index in [0.29, 0.717) is 10.5 Å². The number of fused-ring (bicyclic) bond motifs is 2. The Hall–Kier alpha value is -2.79. The van der Waals surface area contributed by atoms with Crippen molar-refractivity contribution < 1.29 is 4.79 Å². The molecule has 4 nitrogen and oxygen atoms in total. The summed E-state index contributed by atoms with van der Waals surface area (Å²) in [5.41, 5.74) is 2.23. The molecular formula is C18H13N3OS. The number of hydrogen-bond acceptors (Lipinski definition) is 3. The highest BCUT2D eigenvalue weighted by atomic mass is 32.1. The molecule has 0 saturated carbocycles. The Labute approximate surface area is 136 Å². The number of aromatic nitrogens is 2. The first-order valence-corrected chi connectivity index (χ1v) is 8.03. The molecule has 112 valence electrons. The molecule has 0 bridgehead atoms. The smallest absolute Gasteiger partial charge is 0.298 e. The standard InChI is InChI=1S/C18H13N3OS/c1-21-15-8-4-5-9-16(15)23-18(21)20-17(22)14-11-10-12-6-2-3-7-13(12)19-14/h2-11H,1H3. The maximum absolute atomic E-state index is 12.5. The van der Waals surface area contributed by atoms with Crippen LogP contribution in [-0.2, 0) is 7.05 Å². The average molecular weight is 319 g/mol. The highest BCUT2D eigenvalue weighted by Crippen LogP contribution is 2.16. The number of aryl methyl sites for hydroxylation is 1. The molecule has 0 atom stereocenters. The number of hydrogen-bond donors (Lipinski definition) is 0. The largest absolute Gasteiger partial charge is 0.319 e. The minimum atomic E-state index is -0.321. The molecular weight excluding hydrogens is 306 g/mol. The zero-order valence-electron chi connectivity index (χ0n) is 12.4. The van der Waals surface area contributed by atoms with Crippen LogP contribution in [0.1, 0.15) is 10.5 Å². The third-order valence-electron chi connectivity index (χ3n) is 3.73. The lowest BCUT2D eigenvalue weighted by Crippen LogP contribution is -2.13. The fourth-order valence-corrected chi connectivity index (χ4v) is 3.53. The van der Waals surface area contributed by atoms with E-state index >= 15 is 0 Å². The normalized spacial score (nSPS) is 12.1. The first-order valence-electron chi connectivity index (χ1n) is 7.22. The summed E-state index contributed by atoms with van der Waals surface area (Å²) < 4.78 is 3.03. The summed E-state index contributed by atoms with van der Waals surface area (Å²) in [5, 5.41) is 1.01. The van der Waals surface area contributed by atoms with Gasteiger partial charge in [-0.2, -0.15) is 4.99 Å². The molecule has 2 aromatic heterocycles. The molecule has 0 saturated heterocycles. The van der Waals surface area contributed by atoms with Gasteiger partial charge < -0.3 is 4.57 Å². The molecule has 4 rings (SSSR count). The number of benzene rings is 2. The van der Waals surface area contributed by atoms with Gasteiger partial charge in [-0.1, -0.05) is 47.7 Å². The first kappa shape index (κ1) is 13.8. The van der Waals surface area contributed by atoms with Gasteiger partial charge in [-0.25, -0.2) is 4.98 Å². The van der Waals surface area contributed by atoms with Crippen molar-refractivity contribution in [3.8, 4) is 0 Å². The second-order valence-corrected chi connectivity index (χ2v) is 6.23. The van der Waals surface area contributed by atoms with Crippen molar-refractivity contribution in [3.05, 3.63) is 71.2 Å². The monoisotopic (exact) mass is 319 g/mol. The summed E-state index contributed by atoms with van der Waals surface area (Å²) in [6.45, 7) is 0. The van der Waals surface area contributed by atoms with E-state index in [4.69, 9.17) is 0 Å².